The molecule has 2 saturated heterocycles. The highest BCUT2D eigenvalue weighted by Crippen LogP contribution is 2.45. The SMILES string of the molecule is CC(C)(C)N/C(=C(/C#N)C(=O)c1cscn1)c1cc(O)c(O)c([N+](=O)[O-])c1.CCN/C(=C(/C#N)C(=O)c1cscn1)c1cc(O)c(O)c([N+](=O)[O-])c1.CN/C(=C(/C#N)C(=O)c1cscn1)c1cc(O)c(O)c([N+](=O)[O-])c1.N#C/C(C(=O)N1CCC1)=C(/N)c1cc(O)c(O)c([N+](=O)[O-])c1.N#C/C(C(=O)N1CCCOC1)=C(/N)c1cc(O)c(O)c([N+](=O)[O-])c1.N#C/C(C(=O)c1cscn1)=C(/N)c1cc(O)c(O)c([N+](=O)[O-])c1. The molecule has 2 aliphatic heterocycles. The highest BCUT2D eigenvalue weighted by atomic mass is 32.1. The maximum atomic E-state index is 12.7. The molecule has 0 bridgehead atoms. The van der Waals surface area contributed by atoms with Crippen LogP contribution < -0.4 is 33.2 Å². The number of carbonyl (C=O) groups is 6. The van der Waals surface area contributed by atoms with E-state index in [9.17, 15) is 172 Å². The third-order valence-corrected chi connectivity index (χ3v) is 21.5. The number of aromatic hydroxyl groups is 12. The molecule has 55 nitrogen and oxygen atoms in total. The minimum atomic E-state index is -0.934. The number of likely N-dealkylation sites (tertiary alicyclic amines) is 1. The molecule has 4 aromatic heterocycles. The molecule has 0 spiro atoms. The Morgan fingerprint density at radius 1 is 0.386 bits per heavy atom. The lowest BCUT2D eigenvalue weighted by molar-refractivity contribution is -0.386. The molecule has 0 atom stereocenters. The van der Waals surface area contributed by atoms with Crippen LogP contribution in [-0.4, -0.2) is 208 Å². The minimum Gasteiger partial charge on any atom is -0.504 e. The van der Waals surface area contributed by atoms with Crippen LogP contribution in [0.1, 0.15) is 116 Å². The van der Waals surface area contributed by atoms with Crippen molar-refractivity contribution < 1.29 is 124 Å². The summed E-state index contributed by atoms with van der Waals surface area (Å²) >= 11 is 4.68. The number of thiazole rings is 4. The number of phenolic OH excluding ortho intramolecular Hbond substituents is 12. The number of allylic oxidation sites excluding steroid dienone is 4. The number of phenols is 12. The van der Waals surface area contributed by atoms with Crippen LogP contribution in [0.3, 0.4) is 0 Å². The minimum absolute atomic E-state index is 0.000343. The molecule has 0 radical (unpaired) electrons. The summed E-state index contributed by atoms with van der Waals surface area (Å²) in [5.74, 6) is -14.0. The van der Waals surface area contributed by atoms with Gasteiger partial charge in [-0.1, -0.05) is 0 Å². The highest BCUT2D eigenvalue weighted by molar-refractivity contribution is 7.08. The zero-order valence-electron chi connectivity index (χ0n) is 74.7. The molecular formula is C86H72N24O31S4. The molecule has 0 aliphatic carbocycles. The molecule has 2 amide bonds. The smallest absolute Gasteiger partial charge is 0.315 e. The zero-order valence-corrected chi connectivity index (χ0v) is 78.0. The van der Waals surface area contributed by atoms with E-state index in [2.05, 4.69) is 35.9 Å². The van der Waals surface area contributed by atoms with Gasteiger partial charge in [-0.15, -0.1) is 45.3 Å². The number of hydrogen-bond donors (Lipinski definition) is 18. The molecule has 10 aromatic rings. The molecule has 2 fully saturated rings. The Morgan fingerprint density at radius 3 is 0.876 bits per heavy atom. The van der Waals surface area contributed by atoms with Gasteiger partial charge in [-0.05, 0) is 76.9 Å². The third-order valence-electron chi connectivity index (χ3n) is 19.1. The number of ether oxygens (including phenoxy) is 1. The summed E-state index contributed by atoms with van der Waals surface area (Å²) in [5.41, 5.74) is 14.3. The standard InChI is InChI=1S/C17H16N4O5S.C15H12N4O5S.C14H14N4O6.C14H10N4O5S.C13H8N4O5S.C13H12N4O5/c1-17(2,3)20-14(10(6-18)15(23)11-7-27-8-19-11)9-4-12(21(25)26)16(24)13(22)5-9;1-2-17-13(9(5-16)14(21)10-6-25-7-18-10)8-3-11(19(23)24)15(22)12(20)4-8;15-6-9(14(21)17-2-1-3-24-7-17)12(16)8-4-10(18(22)23)13(20)11(19)5-8;1-16-12(8(4-15)13(20)9-5-24-6-17-9)7-2-10(18(22)23)14(21)11(19)3-7;14-3-7(12(19)8-4-23-5-16-8)11(15)6-1-9(17(21)22)13(20)10(18)2-6;14-6-8(13(20)16-2-1-3-16)11(15)7-4-9(17(21)22)12(19)10(18)5-7/h4-5,7-8,20,22,24H,1-3H3;3-4,6-7,17,20,22H,2H2,1H3;4-5,19-20H,1-3,7,16H2;2-3,5-6,16,19,21H,1H3;1-2,4-5,18,20H,15H2;4-5,18-19H,1-3,15H2/b14-10-;13-9-;12-9-;12-8-;11-7-;11-8-. The van der Waals surface area contributed by atoms with E-state index in [-0.39, 0.29) is 119 Å². The average Bonchev–Trinajstić information content (AvgIpc) is 1.68. The average molecular weight is 2070 g/mol. The van der Waals surface area contributed by atoms with Crippen LogP contribution in [0.4, 0.5) is 34.1 Å². The fraction of sp³-hybridized carbons (Fsp3) is 0.163. The zero-order chi connectivity index (χ0) is 108. The van der Waals surface area contributed by atoms with Gasteiger partial charge in [-0.25, -0.2) is 19.9 Å². The van der Waals surface area contributed by atoms with E-state index in [0.717, 1.165) is 90.6 Å². The summed E-state index contributed by atoms with van der Waals surface area (Å²) in [6.07, 6.45) is 1.44. The molecule has 0 saturated carbocycles. The Hall–Kier alpha value is -20.4. The number of nitrogens with zero attached hydrogens (tertiary/aromatic N) is 18. The first-order chi connectivity index (χ1) is 68.4. The van der Waals surface area contributed by atoms with E-state index in [1.165, 1.54) is 94.4 Å². The van der Waals surface area contributed by atoms with E-state index >= 15 is 0 Å². The predicted molar refractivity (Wildman–Crippen MR) is 506 cm³/mol. The van der Waals surface area contributed by atoms with Crippen LogP contribution >= 0.6 is 45.3 Å². The first-order valence-corrected chi connectivity index (χ1v) is 43.7. The van der Waals surface area contributed by atoms with Crippen LogP contribution in [-0.2, 0) is 14.3 Å². The number of nitro groups is 6. The summed E-state index contributed by atoms with van der Waals surface area (Å²) in [6, 6.07) is 21.7. The van der Waals surface area contributed by atoms with Crippen molar-refractivity contribution >= 4 is 149 Å². The Balaban J connectivity index is 0.000000236. The van der Waals surface area contributed by atoms with Crippen LogP contribution in [0.15, 0.2) is 150 Å². The van der Waals surface area contributed by atoms with Crippen molar-refractivity contribution in [2.45, 2.75) is 46.1 Å². The van der Waals surface area contributed by atoms with Gasteiger partial charge in [0.25, 0.3) is 11.8 Å². The van der Waals surface area contributed by atoms with Gasteiger partial charge in [0.15, 0.2) is 34.5 Å². The largest absolute Gasteiger partial charge is 0.504 e. The van der Waals surface area contributed by atoms with Crippen LogP contribution in [0.5, 0.6) is 69.0 Å². The summed E-state index contributed by atoms with van der Waals surface area (Å²) < 4.78 is 5.14. The maximum absolute atomic E-state index is 12.7. The summed E-state index contributed by atoms with van der Waals surface area (Å²) in [4.78, 5) is 152. The fourth-order valence-electron chi connectivity index (χ4n) is 12.1. The first-order valence-electron chi connectivity index (χ1n) is 39.9. The monoisotopic (exact) mass is 2060 g/mol. The van der Waals surface area contributed by atoms with Gasteiger partial charge in [0.2, 0.25) is 57.6 Å². The molecule has 0 unspecified atom stereocenters. The third kappa shape index (κ3) is 27.1. The molecule has 6 aromatic carbocycles. The number of benzene rings is 6. The van der Waals surface area contributed by atoms with Gasteiger partial charge < -0.3 is 109 Å². The number of carbonyl (C=O) groups excluding carboxylic acids is 6. The number of hydrogen-bond acceptors (Lipinski definition) is 51. The van der Waals surface area contributed by atoms with E-state index in [0.29, 0.717) is 39.2 Å². The van der Waals surface area contributed by atoms with Crippen LogP contribution in [0.2, 0.25) is 0 Å². The maximum Gasteiger partial charge on any atom is 0.315 e. The number of aromatic nitrogens is 4. The molecule has 21 N–H and O–H groups in total. The van der Waals surface area contributed by atoms with Gasteiger partial charge in [0.05, 0.1) is 92.4 Å². The summed E-state index contributed by atoms with van der Waals surface area (Å²) in [5, 5.41) is 251. The van der Waals surface area contributed by atoms with Gasteiger partial charge in [0, 0.05) is 130 Å². The van der Waals surface area contributed by atoms with Crippen molar-refractivity contribution in [1.29, 1.82) is 31.6 Å². The Labute approximate surface area is 827 Å². The number of rotatable bonds is 26. The first kappa shape index (κ1) is 112. The second-order valence-corrected chi connectivity index (χ2v) is 32.5. The van der Waals surface area contributed by atoms with E-state index < -0.39 is 184 Å². The van der Waals surface area contributed by atoms with Crippen LogP contribution in [0.25, 0.3) is 34.2 Å². The molecule has 746 valence electrons. The quantitative estimate of drug-likeness (QED) is 0.00599. The van der Waals surface area contributed by atoms with Crippen molar-refractivity contribution in [1.82, 2.24) is 45.7 Å². The number of nitrogens with two attached hydrogens (primary N) is 3. The highest BCUT2D eigenvalue weighted by Gasteiger charge is 2.35. The topological polar surface area (TPSA) is 928 Å². The molecule has 145 heavy (non-hydrogen) atoms. The number of nitrogens with one attached hydrogen (secondary N) is 3. The van der Waals surface area contributed by atoms with Crippen molar-refractivity contribution in [2.75, 3.05) is 46.6 Å². The number of amides is 2. The lowest BCUT2D eigenvalue weighted by Crippen LogP contribution is -2.43. The van der Waals surface area contributed by atoms with Gasteiger partial charge >= 0.3 is 34.1 Å². The summed E-state index contributed by atoms with van der Waals surface area (Å²) in [7, 11) is 1.41. The second kappa shape index (κ2) is 49.6. The Morgan fingerprint density at radius 2 is 0.634 bits per heavy atom. The van der Waals surface area contributed by atoms with Crippen molar-refractivity contribution in [3.05, 3.63) is 267 Å². The van der Waals surface area contributed by atoms with E-state index in [1.807, 2.05) is 6.07 Å². The van der Waals surface area contributed by atoms with E-state index in [4.69, 9.17) is 32.5 Å². The molecular weight excluding hydrogens is 1990 g/mol. The normalized spacial score (nSPS) is 12.7. The lowest BCUT2D eigenvalue weighted by atomic mass is 9.98. The molecule has 12 rings (SSSR count). The fourth-order valence-corrected chi connectivity index (χ4v) is 14.2. The molecule has 2 aliphatic rings. The Bertz CT molecular complexity index is 7330. The Kier molecular flexibility index (Phi) is 38.1. The number of ketones is 4. The van der Waals surface area contributed by atoms with E-state index in [1.54, 1.807) is 58.0 Å². The van der Waals surface area contributed by atoms with Crippen molar-refractivity contribution in [3.8, 4) is 105 Å². The molecule has 59 heteroatoms. The number of nitriles is 6. The van der Waals surface area contributed by atoms with Crippen molar-refractivity contribution in [2.24, 2.45) is 17.2 Å². The van der Waals surface area contributed by atoms with Gasteiger partial charge in [-0.2, -0.15) is 31.6 Å². The van der Waals surface area contributed by atoms with Gasteiger partial charge in [-0.3, -0.25) is 89.5 Å². The van der Waals surface area contributed by atoms with Crippen LogP contribution in [0, 0.1) is 129 Å². The molecule has 6 heterocycles. The second-order valence-electron chi connectivity index (χ2n) is 29.6. The number of Topliss-reactive ketones (excluding diaryl/α,β-unsaturated/α-hetero) is 4. The lowest BCUT2D eigenvalue weighted by Gasteiger charge is -2.30. The summed E-state index contributed by atoms with van der Waals surface area (Å²) in [6.45, 7) is 9.24. The van der Waals surface area contributed by atoms with Crippen molar-refractivity contribution in [3.63, 3.8) is 0 Å². The number of nitro benzene ring substituents is 6. The predicted octanol–water partition coefficient (Wildman–Crippen LogP) is 9.33. The van der Waals surface area contributed by atoms with Gasteiger partial charge in [0.1, 0.15) is 99.4 Å².